The number of amides is 1. The van der Waals surface area contributed by atoms with Gasteiger partial charge in [-0.25, -0.2) is 4.79 Å². The van der Waals surface area contributed by atoms with Gasteiger partial charge in [-0.05, 0) is 32.6 Å². The van der Waals surface area contributed by atoms with Gasteiger partial charge in [-0.15, -0.1) is 0 Å². The minimum atomic E-state index is -0.406. The van der Waals surface area contributed by atoms with Gasteiger partial charge in [0.15, 0.2) is 0 Å². The van der Waals surface area contributed by atoms with Crippen molar-refractivity contribution in [3.8, 4) is 0 Å². The quantitative estimate of drug-likeness (QED) is 0.727. The number of nitrogens with zero attached hydrogens (tertiary/aromatic N) is 1. The molecule has 1 heterocycles. The van der Waals surface area contributed by atoms with Crippen molar-refractivity contribution >= 4 is 6.09 Å². The summed E-state index contributed by atoms with van der Waals surface area (Å²) in [6, 6.07) is 0.419. The molecule has 1 amide bonds. The molecule has 1 aliphatic rings. The fourth-order valence-electron chi connectivity index (χ4n) is 2.45. The molecule has 0 unspecified atom stereocenters. The molecule has 1 fully saturated rings. The summed E-state index contributed by atoms with van der Waals surface area (Å²) in [5.41, 5.74) is -0.0711. The standard InChI is InChI=1S/C17H34N2O2/c1-7-8-9-10-17(5,6)13-18-14-11-19(12-14)15(20)21-16(2,3)4/h14,18H,7-13H2,1-6H3. The van der Waals surface area contributed by atoms with Gasteiger partial charge in [-0.1, -0.05) is 40.0 Å². The van der Waals surface area contributed by atoms with E-state index in [1.54, 1.807) is 4.90 Å². The Labute approximate surface area is 130 Å². The Kier molecular flexibility index (Phi) is 6.51. The van der Waals surface area contributed by atoms with Crippen molar-refractivity contribution in [1.29, 1.82) is 0 Å². The minimum Gasteiger partial charge on any atom is -0.444 e. The Morgan fingerprint density at radius 1 is 1.19 bits per heavy atom. The average Bonchev–Trinajstić information content (AvgIpc) is 2.24. The summed E-state index contributed by atoms with van der Waals surface area (Å²) in [7, 11) is 0. The van der Waals surface area contributed by atoms with Crippen LogP contribution in [0.3, 0.4) is 0 Å². The van der Waals surface area contributed by atoms with Gasteiger partial charge in [0, 0.05) is 25.7 Å². The molecule has 0 aromatic rings. The lowest BCUT2D eigenvalue weighted by Crippen LogP contribution is -2.61. The van der Waals surface area contributed by atoms with Gasteiger partial charge in [0.2, 0.25) is 0 Å². The predicted octanol–water partition coefficient (Wildman–Crippen LogP) is 3.80. The summed E-state index contributed by atoms with van der Waals surface area (Å²) in [5, 5.41) is 3.58. The van der Waals surface area contributed by atoms with Crippen LogP contribution >= 0.6 is 0 Å². The molecule has 0 saturated carbocycles. The van der Waals surface area contributed by atoms with Crippen molar-refractivity contribution in [3.63, 3.8) is 0 Å². The molecule has 0 aliphatic carbocycles. The Bertz CT molecular complexity index is 328. The van der Waals surface area contributed by atoms with Crippen molar-refractivity contribution in [1.82, 2.24) is 10.2 Å². The van der Waals surface area contributed by atoms with E-state index >= 15 is 0 Å². The summed E-state index contributed by atoms with van der Waals surface area (Å²) < 4.78 is 5.36. The third-order valence-electron chi connectivity index (χ3n) is 3.86. The Hall–Kier alpha value is -0.770. The topological polar surface area (TPSA) is 41.6 Å². The van der Waals surface area contributed by atoms with Gasteiger partial charge in [-0.2, -0.15) is 0 Å². The Morgan fingerprint density at radius 2 is 1.81 bits per heavy atom. The van der Waals surface area contributed by atoms with Crippen LogP contribution in [0.4, 0.5) is 4.79 Å². The summed E-state index contributed by atoms with van der Waals surface area (Å²) in [6.07, 6.45) is 4.97. The van der Waals surface area contributed by atoms with Gasteiger partial charge >= 0.3 is 6.09 Å². The largest absolute Gasteiger partial charge is 0.444 e. The summed E-state index contributed by atoms with van der Waals surface area (Å²) in [5.74, 6) is 0. The van der Waals surface area contributed by atoms with E-state index in [9.17, 15) is 4.79 Å². The van der Waals surface area contributed by atoms with Crippen molar-refractivity contribution in [3.05, 3.63) is 0 Å². The third-order valence-corrected chi connectivity index (χ3v) is 3.86. The van der Waals surface area contributed by atoms with Gasteiger partial charge in [0.25, 0.3) is 0 Å². The van der Waals surface area contributed by atoms with E-state index in [1.165, 1.54) is 25.7 Å². The smallest absolute Gasteiger partial charge is 0.410 e. The van der Waals surface area contributed by atoms with Crippen molar-refractivity contribution in [2.45, 2.75) is 78.9 Å². The third kappa shape index (κ3) is 7.16. The Morgan fingerprint density at radius 3 is 2.33 bits per heavy atom. The number of nitrogens with one attached hydrogen (secondary N) is 1. The summed E-state index contributed by atoms with van der Waals surface area (Å²) in [4.78, 5) is 13.6. The Balaban J connectivity index is 2.18. The van der Waals surface area contributed by atoms with Crippen LogP contribution < -0.4 is 5.32 Å². The number of carbonyl (C=O) groups excluding carboxylic acids is 1. The van der Waals surface area contributed by atoms with Gasteiger partial charge in [-0.3, -0.25) is 0 Å². The van der Waals surface area contributed by atoms with E-state index in [2.05, 4.69) is 26.1 Å². The predicted molar refractivity (Wildman–Crippen MR) is 87.5 cm³/mol. The van der Waals surface area contributed by atoms with Crippen LogP contribution in [0.2, 0.25) is 0 Å². The van der Waals surface area contributed by atoms with E-state index in [1.807, 2.05) is 20.8 Å². The van der Waals surface area contributed by atoms with E-state index in [0.717, 1.165) is 19.6 Å². The number of hydrogen-bond donors (Lipinski definition) is 1. The molecule has 1 saturated heterocycles. The first-order valence-electron chi connectivity index (χ1n) is 8.34. The lowest BCUT2D eigenvalue weighted by atomic mass is 9.86. The lowest BCUT2D eigenvalue weighted by molar-refractivity contribution is 0.00445. The van der Waals surface area contributed by atoms with Crippen molar-refractivity contribution in [2.24, 2.45) is 5.41 Å². The van der Waals surface area contributed by atoms with E-state index < -0.39 is 5.60 Å². The number of rotatable bonds is 7. The molecule has 21 heavy (non-hydrogen) atoms. The van der Waals surface area contributed by atoms with Crippen LogP contribution in [0.5, 0.6) is 0 Å². The van der Waals surface area contributed by atoms with Crippen LogP contribution in [-0.4, -0.2) is 42.3 Å². The highest BCUT2D eigenvalue weighted by atomic mass is 16.6. The molecule has 124 valence electrons. The number of carbonyl (C=O) groups is 1. The molecule has 0 radical (unpaired) electrons. The molecule has 1 aliphatic heterocycles. The summed E-state index contributed by atoms with van der Waals surface area (Å²) >= 11 is 0. The molecule has 1 rings (SSSR count). The molecule has 0 spiro atoms. The first kappa shape index (κ1) is 18.3. The molecule has 4 nitrogen and oxygen atoms in total. The maximum atomic E-state index is 11.8. The first-order chi connectivity index (χ1) is 9.63. The zero-order chi connectivity index (χ0) is 16.1. The summed E-state index contributed by atoms with van der Waals surface area (Å²) in [6.45, 7) is 15.1. The molecule has 0 aromatic carbocycles. The highest BCUT2D eigenvalue weighted by Crippen LogP contribution is 2.23. The highest BCUT2D eigenvalue weighted by molar-refractivity contribution is 5.69. The van der Waals surface area contributed by atoms with Crippen molar-refractivity contribution in [2.75, 3.05) is 19.6 Å². The molecular formula is C17H34N2O2. The highest BCUT2D eigenvalue weighted by Gasteiger charge is 2.34. The molecule has 1 N–H and O–H groups in total. The van der Waals surface area contributed by atoms with Gasteiger partial charge in [0.1, 0.15) is 5.60 Å². The van der Waals surface area contributed by atoms with Crippen molar-refractivity contribution < 1.29 is 9.53 Å². The molecule has 0 atom stereocenters. The second-order valence-electron chi connectivity index (χ2n) is 8.08. The number of ether oxygens (including phenoxy) is 1. The maximum Gasteiger partial charge on any atom is 0.410 e. The first-order valence-corrected chi connectivity index (χ1v) is 8.34. The molecule has 0 bridgehead atoms. The number of likely N-dealkylation sites (tertiary alicyclic amines) is 1. The zero-order valence-electron chi connectivity index (χ0n) is 14.8. The minimum absolute atomic E-state index is 0.192. The molecule has 0 aromatic heterocycles. The van der Waals surface area contributed by atoms with E-state index in [4.69, 9.17) is 4.74 Å². The SMILES string of the molecule is CCCCCC(C)(C)CNC1CN(C(=O)OC(C)(C)C)C1. The van der Waals surface area contributed by atoms with Crippen LogP contribution in [-0.2, 0) is 4.74 Å². The second-order valence-corrected chi connectivity index (χ2v) is 8.08. The van der Waals surface area contributed by atoms with Crippen LogP contribution in [0.1, 0.15) is 67.2 Å². The average molecular weight is 298 g/mol. The second kappa shape index (κ2) is 7.48. The van der Waals surface area contributed by atoms with Gasteiger partial charge in [0.05, 0.1) is 0 Å². The van der Waals surface area contributed by atoms with Crippen LogP contribution in [0.15, 0.2) is 0 Å². The van der Waals surface area contributed by atoms with E-state index in [0.29, 0.717) is 11.5 Å². The van der Waals surface area contributed by atoms with Crippen LogP contribution in [0, 0.1) is 5.41 Å². The number of unbranched alkanes of at least 4 members (excludes halogenated alkanes) is 2. The fraction of sp³-hybridized carbons (Fsp3) is 0.941. The zero-order valence-corrected chi connectivity index (χ0v) is 14.8. The van der Waals surface area contributed by atoms with E-state index in [-0.39, 0.29) is 6.09 Å². The monoisotopic (exact) mass is 298 g/mol. The fourth-order valence-corrected chi connectivity index (χ4v) is 2.45. The number of hydrogen-bond acceptors (Lipinski definition) is 3. The lowest BCUT2D eigenvalue weighted by Gasteiger charge is -2.41. The van der Waals surface area contributed by atoms with Crippen LogP contribution in [0.25, 0.3) is 0 Å². The maximum absolute atomic E-state index is 11.8. The normalized spacial score (nSPS) is 16.8. The van der Waals surface area contributed by atoms with Gasteiger partial charge < -0.3 is 15.0 Å². The molecule has 4 heteroatoms. The molecular weight excluding hydrogens is 264 g/mol.